The lowest BCUT2D eigenvalue weighted by Crippen LogP contribution is -2.44. The molecule has 25 heavy (non-hydrogen) atoms. The predicted octanol–water partition coefficient (Wildman–Crippen LogP) is 3.90. The van der Waals surface area contributed by atoms with Crippen molar-refractivity contribution in [3.05, 3.63) is 54.1 Å². The Hall–Kier alpha value is -1.88. The minimum Gasteiger partial charge on any atom is -0.360 e. The van der Waals surface area contributed by atoms with Crippen LogP contribution in [0.1, 0.15) is 43.2 Å². The second-order valence-electron chi connectivity index (χ2n) is 6.93. The Labute approximate surface area is 156 Å². The molecular weight excluding hydrogens is 328 g/mol. The fourth-order valence-electron chi connectivity index (χ4n) is 3.44. The van der Waals surface area contributed by atoms with Crippen molar-refractivity contribution in [1.82, 2.24) is 19.8 Å². The van der Waals surface area contributed by atoms with Gasteiger partial charge in [0.05, 0.1) is 6.33 Å². The summed E-state index contributed by atoms with van der Waals surface area (Å²) in [6.07, 6.45) is 11.9. The first-order chi connectivity index (χ1) is 12.2. The minimum atomic E-state index is 0.556. The molecule has 1 N–H and O–H groups in total. The van der Waals surface area contributed by atoms with E-state index in [0.717, 1.165) is 31.2 Å². The number of hydrogen-bond acceptors (Lipinski definition) is 2. The van der Waals surface area contributed by atoms with Crippen LogP contribution >= 0.6 is 12.2 Å². The number of aromatic nitrogens is 2. The number of benzene rings is 1. The summed E-state index contributed by atoms with van der Waals surface area (Å²) in [7, 11) is 0. The van der Waals surface area contributed by atoms with Gasteiger partial charge in [-0.15, -0.1) is 0 Å². The maximum absolute atomic E-state index is 5.76. The molecule has 0 amide bonds. The predicted molar refractivity (Wildman–Crippen MR) is 106 cm³/mol. The second kappa shape index (κ2) is 8.99. The Kier molecular flexibility index (Phi) is 6.45. The Bertz CT molecular complexity index is 662. The highest BCUT2D eigenvalue weighted by molar-refractivity contribution is 7.80. The molecule has 0 radical (unpaired) electrons. The van der Waals surface area contributed by atoms with Gasteiger partial charge in [-0.05, 0) is 49.5 Å². The standard InChI is InChI=1S/C20H28N4S/c1-17-7-2-3-8-18(17)15-24(13-6-12-23-14-11-21-16-23)20(25)22-19-9-4-5-10-19/h2-3,7-8,11,14,16,19H,4-6,9-10,12-13,15H2,1H3,(H,22,25). The lowest BCUT2D eigenvalue weighted by atomic mass is 10.1. The molecule has 1 fully saturated rings. The maximum Gasteiger partial charge on any atom is 0.169 e. The molecule has 1 aliphatic carbocycles. The summed E-state index contributed by atoms with van der Waals surface area (Å²) in [4.78, 5) is 6.44. The largest absolute Gasteiger partial charge is 0.360 e. The maximum atomic E-state index is 5.76. The third-order valence-corrected chi connectivity index (χ3v) is 5.37. The molecule has 0 spiro atoms. The van der Waals surface area contributed by atoms with E-state index in [1.54, 1.807) is 0 Å². The zero-order valence-electron chi connectivity index (χ0n) is 15.0. The summed E-state index contributed by atoms with van der Waals surface area (Å²) in [6, 6.07) is 9.14. The van der Waals surface area contributed by atoms with Crippen molar-refractivity contribution in [3.8, 4) is 0 Å². The summed E-state index contributed by atoms with van der Waals surface area (Å²) in [5.41, 5.74) is 2.67. The third kappa shape index (κ3) is 5.30. The molecule has 0 saturated heterocycles. The SMILES string of the molecule is Cc1ccccc1CN(CCCn1ccnc1)C(=S)NC1CCCC1. The van der Waals surface area contributed by atoms with Gasteiger partial charge in [-0.25, -0.2) is 4.98 Å². The van der Waals surface area contributed by atoms with Crippen LogP contribution in [-0.2, 0) is 13.1 Å². The summed E-state index contributed by atoms with van der Waals surface area (Å²) in [5.74, 6) is 0. The molecule has 5 heteroatoms. The smallest absolute Gasteiger partial charge is 0.169 e. The van der Waals surface area contributed by atoms with Gasteiger partial charge >= 0.3 is 0 Å². The lowest BCUT2D eigenvalue weighted by molar-refractivity contribution is 0.377. The van der Waals surface area contributed by atoms with Crippen molar-refractivity contribution in [2.24, 2.45) is 0 Å². The van der Waals surface area contributed by atoms with Crippen LogP contribution in [0, 0.1) is 6.92 Å². The molecule has 0 bridgehead atoms. The molecule has 1 aromatic heterocycles. The normalized spacial score (nSPS) is 14.6. The number of imidazole rings is 1. The van der Waals surface area contributed by atoms with Crippen LogP contribution in [0.4, 0.5) is 0 Å². The first-order valence-corrected chi connectivity index (χ1v) is 9.69. The number of thiocarbonyl (C=S) groups is 1. The van der Waals surface area contributed by atoms with E-state index in [1.807, 2.05) is 18.7 Å². The van der Waals surface area contributed by atoms with Gasteiger partial charge in [0.2, 0.25) is 0 Å². The van der Waals surface area contributed by atoms with Gasteiger partial charge in [0.1, 0.15) is 0 Å². The molecule has 1 aromatic carbocycles. The molecule has 0 atom stereocenters. The molecule has 0 aliphatic heterocycles. The molecule has 134 valence electrons. The van der Waals surface area contributed by atoms with Crippen molar-refractivity contribution in [2.75, 3.05) is 6.54 Å². The number of aryl methyl sites for hydroxylation is 2. The summed E-state index contributed by atoms with van der Waals surface area (Å²) < 4.78 is 2.12. The summed E-state index contributed by atoms with van der Waals surface area (Å²) in [6.45, 7) is 4.96. The molecule has 1 saturated carbocycles. The highest BCUT2D eigenvalue weighted by Gasteiger charge is 2.19. The molecule has 3 rings (SSSR count). The molecule has 0 unspecified atom stereocenters. The monoisotopic (exact) mass is 356 g/mol. The fourth-order valence-corrected chi connectivity index (χ4v) is 3.77. The van der Waals surface area contributed by atoms with Gasteiger partial charge in [0.25, 0.3) is 0 Å². The molecule has 4 nitrogen and oxygen atoms in total. The van der Waals surface area contributed by atoms with Crippen molar-refractivity contribution >= 4 is 17.3 Å². The van der Waals surface area contributed by atoms with Crippen LogP contribution in [0.5, 0.6) is 0 Å². The average molecular weight is 357 g/mol. The van der Waals surface area contributed by atoms with Crippen LogP contribution in [-0.4, -0.2) is 32.2 Å². The van der Waals surface area contributed by atoms with E-state index in [0.29, 0.717) is 6.04 Å². The number of nitrogens with one attached hydrogen (secondary N) is 1. The van der Waals surface area contributed by atoms with Crippen LogP contribution in [0.2, 0.25) is 0 Å². The van der Waals surface area contributed by atoms with Crippen molar-refractivity contribution < 1.29 is 0 Å². The van der Waals surface area contributed by atoms with Crippen LogP contribution < -0.4 is 5.32 Å². The van der Waals surface area contributed by atoms with E-state index in [9.17, 15) is 0 Å². The van der Waals surface area contributed by atoms with E-state index < -0.39 is 0 Å². The van der Waals surface area contributed by atoms with Gasteiger partial charge in [-0.1, -0.05) is 37.1 Å². The van der Waals surface area contributed by atoms with Crippen molar-refractivity contribution in [1.29, 1.82) is 0 Å². The number of rotatable bonds is 7. The first-order valence-electron chi connectivity index (χ1n) is 9.28. The fraction of sp³-hybridized carbons (Fsp3) is 0.500. The topological polar surface area (TPSA) is 33.1 Å². The van der Waals surface area contributed by atoms with Crippen molar-refractivity contribution in [2.45, 2.75) is 58.2 Å². The van der Waals surface area contributed by atoms with Gasteiger partial charge in [-0.3, -0.25) is 0 Å². The molecule has 1 heterocycles. The number of hydrogen-bond donors (Lipinski definition) is 1. The molecular formula is C20H28N4S. The van der Waals surface area contributed by atoms with Crippen LogP contribution in [0.25, 0.3) is 0 Å². The molecule has 2 aromatic rings. The van der Waals surface area contributed by atoms with E-state index in [2.05, 4.69) is 51.0 Å². The van der Waals surface area contributed by atoms with Crippen molar-refractivity contribution in [3.63, 3.8) is 0 Å². The van der Waals surface area contributed by atoms with E-state index in [1.165, 1.54) is 36.8 Å². The van der Waals surface area contributed by atoms with Gasteiger partial charge in [0.15, 0.2) is 5.11 Å². The summed E-state index contributed by atoms with van der Waals surface area (Å²) >= 11 is 5.76. The van der Waals surface area contributed by atoms with Gasteiger partial charge in [0, 0.05) is 38.1 Å². The Morgan fingerprint density at radius 1 is 1.32 bits per heavy atom. The quantitative estimate of drug-likeness (QED) is 0.763. The molecule has 1 aliphatic rings. The first kappa shape index (κ1) is 17.9. The number of nitrogens with zero attached hydrogens (tertiary/aromatic N) is 3. The van der Waals surface area contributed by atoms with E-state index >= 15 is 0 Å². The Balaban J connectivity index is 1.61. The zero-order valence-corrected chi connectivity index (χ0v) is 15.8. The Morgan fingerprint density at radius 2 is 2.12 bits per heavy atom. The highest BCUT2D eigenvalue weighted by atomic mass is 32.1. The summed E-state index contributed by atoms with van der Waals surface area (Å²) in [5, 5.41) is 4.50. The lowest BCUT2D eigenvalue weighted by Gasteiger charge is -2.28. The third-order valence-electron chi connectivity index (χ3n) is 5.00. The average Bonchev–Trinajstić information content (AvgIpc) is 3.29. The van der Waals surface area contributed by atoms with E-state index in [4.69, 9.17) is 12.2 Å². The van der Waals surface area contributed by atoms with E-state index in [-0.39, 0.29) is 0 Å². The van der Waals surface area contributed by atoms with Gasteiger partial charge in [-0.2, -0.15) is 0 Å². The van der Waals surface area contributed by atoms with Gasteiger partial charge < -0.3 is 14.8 Å². The zero-order chi connectivity index (χ0) is 17.5. The highest BCUT2D eigenvalue weighted by Crippen LogP contribution is 2.18. The minimum absolute atomic E-state index is 0.556. The van der Waals surface area contributed by atoms with Crippen LogP contribution in [0.15, 0.2) is 43.0 Å². The Morgan fingerprint density at radius 3 is 2.84 bits per heavy atom. The second-order valence-corrected chi connectivity index (χ2v) is 7.32. The van der Waals surface area contributed by atoms with Crippen LogP contribution in [0.3, 0.4) is 0 Å².